The molecule has 0 saturated carbocycles. The number of aromatic nitrogens is 2. The van der Waals surface area contributed by atoms with Gasteiger partial charge in [-0.3, -0.25) is 5.10 Å². The van der Waals surface area contributed by atoms with Gasteiger partial charge in [-0.2, -0.15) is 5.10 Å². The first-order chi connectivity index (χ1) is 11.1. The molecule has 3 fully saturated rings. The molecule has 3 aliphatic rings. The number of carboxylic acid groups (broad SMARTS) is 1. The molecule has 5 rings (SSSR count). The van der Waals surface area contributed by atoms with Crippen molar-refractivity contribution in [3.05, 3.63) is 27.9 Å². The van der Waals surface area contributed by atoms with Gasteiger partial charge in [0.25, 0.3) is 0 Å². The highest BCUT2D eigenvalue weighted by Gasteiger charge is 2.33. The lowest BCUT2D eigenvalue weighted by Crippen LogP contribution is -2.55. The Morgan fingerprint density at radius 1 is 1.43 bits per heavy atom. The first kappa shape index (κ1) is 15.1. The molecule has 0 aliphatic carbocycles. The molecule has 7 heteroatoms. The number of piperidine rings is 3. The van der Waals surface area contributed by atoms with Gasteiger partial charge in [0, 0.05) is 29.0 Å². The van der Waals surface area contributed by atoms with Gasteiger partial charge in [0.05, 0.1) is 16.8 Å². The Bertz CT molecular complexity index is 752. The highest BCUT2D eigenvalue weighted by Crippen LogP contribution is 2.29. The molecule has 1 aromatic carbocycles. The lowest BCUT2D eigenvalue weighted by atomic mass is 9.84. The zero-order valence-corrected chi connectivity index (χ0v) is 14.3. The summed E-state index contributed by atoms with van der Waals surface area (Å²) in [5, 5.41) is 21.1. The average molecular weight is 379 g/mol. The highest BCUT2D eigenvalue weighted by molar-refractivity contribution is 9.10. The first-order valence-corrected chi connectivity index (χ1v) is 8.76. The predicted molar refractivity (Wildman–Crippen MR) is 90.5 cm³/mol. The van der Waals surface area contributed by atoms with Crippen molar-refractivity contribution < 1.29 is 9.90 Å². The molecule has 3 N–H and O–H groups in total. The summed E-state index contributed by atoms with van der Waals surface area (Å²) in [4.78, 5) is 14.0. The van der Waals surface area contributed by atoms with E-state index < -0.39 is 5.97 Å². The second kappa shape index (κ2) is 5.89. The van der Waals surface area contributed by atoms with Crippen LogP contribution in [0.2, 0.25) is 0 Å². The number of carbonyl (C=O) groups is 1. The van der Waals surface area contributed by atoms with Gasteiger partial charge >= 0.3 is 5.97 Å². The number of nitrogens with one attached hydrogen (secondary N) is 2. The summed E-state index contributed by atoms with van der Waals surface area (Å²) in [6, 6.07) is 3.98. The van der Waals surface area contributed by atoms with Crippen molar-refractivity contribution in [1.29, 1.82) is 0 Å². The van der Waals surface area contributed by atoms with Crippen molar-refractivity contribution in [3.8, 4) is 0 Å². The monoisotopic (exact) mass is 378 g/mol. The molecule has 4 heterocycles. The number of H-pyrrole nitrogens is 1. The SMILES string of the molecule is O=C(O)c1cc(Br)cc2[nH]nc(CN[C@H]3CN4CCC3CC4)c12. The zero-order valence-electron chi connectivity index (χ0n) is 12.7. The van der Waals surface area contributed by atoms with Crippen molar-refractivity contribution in [2.75, 3.05) is 19.6 Å². The van der Waals surface area contributed by atoms with Gasteiger partial charge < -0.3 is 15.3 Å². The van der Waals surface area contributed by atoms with Crippen molar-refractivity contribution in [2.45, 2.75) is 25.4 Å². The lowest BCUT2D eigenvalue weighted by Gasteiger charge is -2.45. The number of aromatic carboxylic acids is 1. The maximum atomic E-state index is 11.5. The molecule has 0 spiro atoms. The van der Waals surface area contributed by atoms with E-state index >= 15 is 0 Å². The molecule has 2 aromatic rings. The average Bonchev–Trinajstić information content (AvgIpc) is 2.96. The number of aromatic amines is 1. The minimum atomic E-state index is -0.929. The fourth-order valence-corrected chi connectivity index (χ4v) is 4.37. The second-order valence-electron chi connectivity index (χ2n) is 6.48. The van der Waals surface area contributed by atoms with Gasteiger partial charge in [-0.25, -0.2) is 4.79 Å². The summed E-state index contributed by atoms with van der Waals surface area (Å²) >= 11 is 3.35. The second-order valence-corrected chi connectivity index (χ2v) is 7.39. The molecule has 23 heavy (non-hydrogen) atoms. The van der Waals surface area contributed by atoms with Crippen molar-refractivity contribution >= 4 is 32.8 Å². The Kier molecular flexibility index (Phi) is 3.87. The summed E-state index contributed by atoms with van der Waals surface area (Å²) < 4.78 is 0.739. The molecule has 6 nitrogen and oxygen atoms in total. The predicted octanol–water partition coefficient (Wildman–Crippen LogP) is 2.21. The highest BCUT2D eigenvalue weighted by atomic mass is 79.9. The van der Waals surface area contributed by atoms with Gasteiger partial charge in [0.2, 0.25) is 0 Å². The van der Waals surface area contributed by atoms with E-state index in [4.69, 9.17) is 0 Å². The third-order valence-corrected chi connectivity index (χ3v) is 5.58. The van der Waals surface area contributed by atoms with Crippen LogP contribution in [-0.2, 0) is 6.54 Å². The minimum absolute atomic E-state index is 0.286. The number of carboxylic acids is 1. The van der Waals surface area contributed by atoms with E-state index in [9.17, 15) is 9.90 Å². The summed E-state index contributed by atoms with van der Waals surface area (Å²) in [6.45, 7) is 4.11. The number of nitrogens with zero attached hydrogens (tertiary/aromatic N) is 2. The minimum Gasteiger partial charge on any atom is -0.478 e. The Hall–Kier alpha value is -1.44. The van der Waals surface area contributed by atoms with Gasteiger partial charge in [0.1, 0.15) is 0 Å². The van der Waals surface area contributed by atoms with Crippen LogP contribution in [0, 0.1) is 5.92 Å². The number of rotatable bonds is 4. The van der Waals surface area contributed by atoms with Gasteiger partial charge in [0.15, 0.2) is 0 Å². The molecule has 2 bridgehead atoms. The van der Waals surface area contributed by atoms with E-state index in [0.717, 1.165) is 28.1 Å². The van der Waals surface area contributed by atoms with Crippen LogP contribution in [0.1, 0.15) is 28.9 Å². The largest absolute Gasteiger partial charge is 0.478 e. The van der Waals surface area contributed by atoms with Crippen LogP contribution in [0.25, 0.3) is 10.9 Å². The van der Waals surface area contributed by atoms with Crippen LogP contribution in [0.15, 0.2) is 16.6 Å². The van der Waals surface area contributed by atoms with Crippen molar-refractivity contribution in [1.82, 2.24) is 20.4 Å². The topological polar surface area (TPSA) is 81.2 Å². The van der Waals surface area contributed by atoms with Crippen LogP contribution in [0.4, 0.5) is 0 Å². The quantitative estimate of drug-likeness (QED) is 0.759. The normalized spacial score (nSPS) is 26.7. The smallest absolute Gasteiger partial charge is 0.336 e. The molecule has 0 radical (unpaired) electrons. The number of hydrogen-bond acceptors (Lipinski definition) is 4. The van der Waals surface area contributed by atoms with Crippen LogP contribution in [-0.4, -0.2) is 51.8 Å². The van der Waals surface area contributed by atoms with E-state index in [1.165, 1.54) is 25.9 Å². The zero-order chi connectivity index (χ0) is 16.0. The van der Waals surface area contributed by atoms with Crippen LogP contribution in [0.3, 0.4) is 0 Å². The molecule has 1 aromatic heterocycles. The van der Waals surface area contributed by atoms with Crippen LogP contribution in [0.5, 0.6) is 0 Å². The van der Waals surface area contributed by atoms with E-state index in [0.29, 0.717) is 18.0 Å². The summed E-state index contributed by atoms with van der Waals surface area (Å²) in [7, 11) is 0. The summed E-state index contributed by atoms with van der Waals surface area (Å²) in [5.41, 5.74) is 1.82. The number of benzene rings is 1. The summed E-state index contributed by atoms with van der Waals surface area (Å²) in [5.74, 6) is -0.194. The molecule has 0 amide bonds. The molecule has 1 atom stereocenters. The number of halogens is 1. The Morgan fingerprint density at radius 3 is 2.87 bits per heavy atom. The molecular formula is C16H19BrN4O2. The standard InChI is InChI=1S/C16H19BrN4O2/c17-10-5-11(16(22)23)15-12(6-10)19-20-13(15)7-18-14-8-21-3-1-9(14)2-4-21/h5-6,9,14,18H,1-4,7-8H2,(H,19,20)(H,22,23)/t14-/m0/s1. The fourth-order valence-electron chi connectivity index (χ4n) is 3.91. The molecule has 0 unspecified atom stereocenters. The Morgan fingerprint density at radius 2 is 2.22 bits per heavy atom. The van der Waals surface area contributed by atoms with Crippen LogP contribution < -0.4 is 5.32 Å². The third kappa shape index (κ3) is 2.77. The lowest BCUT2D eigenvalue weighted by molar-refractivity contribution is 0.0698. The van der Waals surface area contributed by atoms with Crippen molar-refractivity contribution in [2.24, 2.45) is 5.92 Å². The molecular weight excluding hydrogens is 360 g/mol. The molecule has 3 saturated heterocycles. The van der Waals surface area contributed by atoms with Gasteiger partial charge in [-0.15, -0.1) is 0 Å². The maximum absolute atomic E-state index is 11.5. The fraction of sp³-hybridized carbons (Fsp3) is 0.500. The first-order valence-electron chi connectivity index (χ1n) is 7.97. The maximum Gasteiger partial charge on any atom is 0.336 e. The Balaban J connectivity index is 1.58. The number of fused-ring (bicyclic) bond motifs is 4. The van der Waals surface area contributed by atoms with Gasteiger partial charge in [-0.1, -0.05) is 15.9 Å². The molecule has 3 aliphatic heterocycles. The van der Waals surface area contributed by atoms with E-state index in [2.05, 4.69) is 36.3 Å². The summed E-state index contributed by atoms with van der Waals surface area (Å²) in [6.07, 6.45) is 2.51. The molecule has 122 valence electrons. The number of hydrogen-bond donors (Lipinski definition) is 3. The van der Waals surface area contributed by atoms with Gasteiger partial charge in [-0.05, 0) is 44.0 Å². The van der Waals surface area contributed by atoms with Crippen molar-refractivity contribution in [3.63, 3.8) is 0 Å². The van der Waals surface area contributed by atoms with E-state index in [1.807, 2.05) is 6.07 Å². The third-order valence-electron chi connectivity index (χ3n) is 5.12. The van der Waals surface area contributed by atoms with Crippen LogP contribution >= 0.6 is 15.9 Å². The Labute approximate surface area is 142 Å². The van der Waals surface area contributed by atoms with E-state index in [-0.39, 0.29) is 5.56 Å². The van der Waals surface area contributed by atoms with E-state index in [1.54, 1.807) is 6.07 Å².